The van der Waals surface area contributed by atoms with Crippen molar-refractivity contribution >= 4 is 22.9 Å². The molecule has 0 aliphatic carbocycles. The van der Waals surface area contributed by atoms with Gasteiger partial charge >= 0.3 is 0 Å². The van der Waals surface area contributed by atoms with Gasteiger partial charge in [0, 0.05) is 30.2 Å². The summed E-state index contributed by atoms with van der Waals surface area (Å²) in [5.41, 5.74) is 3.15. The van der Waals surface area contributed by atoms with Gasteiger partial charge < -0.3 is 10.4 Å². The SMILES string of the molecule is Cc1cc(C(=O)Nc2ccccc2CN2CCC(O)CC2)sc1C. The number of aliphatic hydroxyl groups is 1. The fraction of sp³-hybridized carbons (Fsp3) is 0.421. The number of rotatable bonds is 4. The van der Waals surface area contributed by atoms with Gasteiger partial charge in [-0.2, -0.15) is 0 Å². The minimum Gasteiger partial charge on any atom is -0.393 e. The van der Waals surface area contributed by atoms with Gasteiger partial charge in [-0.15, -0.1) is 11.3 Å². The maximum Gasteiger partial charge on any atom is 0.265 e. The lowest BCUT2D eigenvalue weighted by Crippen LogP contribution is -2.35. The van der Waals surface area contributed by atoms with Crippen LogP contribution >= 0.6 is 11.3 Å². The van der Waals surface area contributed by atoms with E-state index in [0.29, 0.717) is 0 Å². The number of aliphatic hydroxyl groups excluding tert-OH is 1. The number of nitrogens with one attached hydrogen (secondary N) is 1. The van der Waals surface area contributed by atoms with Crippen LogP contribution in [0.2, 0.25) is 0 Å². The van der Waals surface area contributed by atoms with Crippen molar-refractivity contribution in [1.82, 2.24) is 4.90 Å². The first kappa shape index (κ1) is 17.1. The first-order valence-electron chi connectivity index (χ1n) is 8.39. The number of nitrogens with zero attached hydrogens (tertiary/aromatic N) is 1. The molecule has 0 bridgehead atoms. The molecule has 3 rings (SSSR count). The largest absolute Gasteiger partial charge is 0.393 e. The lowest BCUT2D eigenvalue weighted by Gasteiger charge is -2.30. The summed E-state index contributed by atoms with van der Waals surface area (Å²) in [4.78, 5) is 16.8. The molecule has 1 fully saturated rings. The van der Waals surface area contributed by atoms with Crippen LogP contribution in [-0.4, -0.2) is 35.1 Å². The summed E-state index contributed by atoms with van der Waals surface area (Å²) >= 11 is 1.53. The van der Waals surface area contributed by atoms with Crippen molar-refractivity contribution in [3.63, 3.8) is 0 Å². The van der Waals surface area contributed by atoms with Crippen LogP contribution < -0.4 is 5.32 Å². The molecule has 24 heavy (non-hydrogen) atoms. The maximum atomic E-state index is 12.5. The lowest BCUT2D eigenvalue weighted by atomic mass is 10.1. The average molecular weight is 344 g/mol. The smallest absolute Gasteiger partial charge is 0.265 e. The van der Waals surface area contributed by atoms with Crippen LogP contribution in [0, 0.1) is 13.8 Å². The van der Waals surface area contributed by atoms with E-state index in [1.807, 2.05) is 38.1 Å². The van der Waals surface area contributed by atoms with Crippen LogP contribution in [0.15, 0.2) is 30.3 Å². The van der Waals surface area contributed by atoms with Crippen molar-refractivity contribution in [3.8, 4) is 0 Å². The second-order valence-corrected chi connectivity index (χ2v) is 7.72. The maximum absolute atomic E-state index is 12.5. The summed E-state index contributed by atoms with van der Waals surface area (Å²) in [6.07, 6.45) is 1.48. The fourth-order valence-electron chi connectivity index (χ4n) is 2.97. The van der Waals surface area contributed by atoms with Crippen molar-refractivity contribution < 1.29 is 9.90 Å². The van der Waals surface area contributed by atoms with Gasteiger partial charge in [0.2, 0.25) is 0 Å². The second kappa shape index (κ2) is 7.47. The molecule has 2 aromatic rings. The molecular formula is C19H24N2O2S. The number of hydrogen-bond acceptors (Lipinski definition) is 4. The molecule has 0 spiro atoms. The molecule has 1 saturated heterocycles. The number of piperidine rings is 1. The number of benzene rings is 1. The molecule has 1 aliphatic rings. The molecule has 1 aromatic carbocycles. The Kier molecular flexibility index (Phi) is 5.33. The zero-order valence-corrected chi connectivity index (χ0v) is 15.0. The number of para-hydroxylation sites is 1. The molecule has 1 amide bonds. The molecule has 2 N–H and O–H groups in total. The van der Waals surface area contributed by atoms with E-state index in [-0.39, 0.29) is 12.0 Å². The third-order valence-corrected chi connectivity index (χ3v) is 5.76. The molecule has 0 saturated carbocycles. The quantitative estimate of drug-likeness (QED) is 0.891. The van der Waals surface area contributed by atoms with Crippen molar-refractivity contribution in [1.29, 1.82) is 0 Å². The Labute approximate surface area is 147 Å². The van der Waals surface area contributed by atoms with E-state index in [1.165, 1.54) is 16.2 Å². The number of carbonyl (C=O) groups is 1. The normalized spacial score (nSPS) is 16.3. The predicted octanol–water partition coefficient (Wildman–Crippen LogP) is 3.57. The molecule has 1 aromatic heterocycles. The highest BCUT2D eigenvalue weighted by molar-refractivity contribution is 7.14. The summed E-state index contributed by atoms with van der Waals surface area (Å²) in [5, 5.41) is 12.7. The Hall–Kier alpha value is -1.69. The number of thiophene rings is 1. The van der Waals surface area contributed by atoms with E-state index in [0.717, 1.165) is 54.2 Å². The molecule has 5 heteroatoms. The van der Waals surface area contributed by atoms with E-state index in [9.17, 15) is 9.90 Å². The van der Waals surface area contributed by atoms with Gasteiger partial charge in [0.05, 0.1) is 11.0 Å². The second-order valence-electron chi connectivity index (χ2n) is 6.47. The Morgan fingerprint density at radius 3 is 2.67 bits per heavy atom. The van der Waals surface area contributed by atoms with Gasteiger partial charge in [-0.3, -0.25) is 9.69 Å². The number of anilines is 1. The highest BCUT2D eigenvalue weighted by Crippen LogP contribution is 2.24. The molecule has 4 nitrogen and oxygen atoms in total. The summed E-state index contributed by atoms with van der Waals surface area (Å²) in [6, 6.07) is 9.92. The molecule has 1 aliphatic heterocycles. The average Bonchev–Trinajstić information content (AvgIpc) is 2.91. The number of carbonyl (C=O) groups excluding carboxylic acids is 1. The number of likely N-dealkylation sites (tertiary alicyclic amines) is 1. The van der Waals surface area contributed by atoms with Crippen LogP contribution in [0.4, 0.5) is 5.69 Å². The first-order chi connectivity index (χ1) is 11.5. The third kappa shape index (κ3) is 4.04. The Bertz CT molecular complexity index is 698. The number of aryl methyl sites for hydroxylation is 2. The van der Waals surface area contributed by atoms with Gasteiger partial charge in [-0.1, -0.05) is 18.2 Å². The van der Waals surface area contributed by atoms with Crippen LogP contribution in [0.1, 0.15) is 38.5 Å². The van der Waals surface area contributed by atoms with Crippen LogP contribution in [0.3, 0.4) is 0 Å². The monoisotopic (exact) mass is 344 g/mol. The highest BCUT2D eigenvalue weighted by atomic mass is 32.1. The molecular weight excluding hydrogens is 320 g/mol. The van der Waals surface area contributed by atoms with Crippen molar-refractivity contribution in [2.24, 2.45) is 0 Å². The van der Waals surface area contributed by atoms with E-state index in [2.05, 4.69) is 16.3 Å². The van der Waals surface area contributed by atoms with Crippen LogP contribution in [0.5, 0.6) is 0 Å². The van der Waals surface area contributed by atoms with Crippen molar-refractivity contribution in [3.05, 3.63) is 51.2 Å². The van der Waals surface area contributed by atoms with Crippen molar-refractivity contribution in [2.45, 2.75) is 39.3 Å². The number of hydrogen-bond donors (Lipinski definition) is 2. The van der Waals surface area contributed by atoms with E-state index in [4.69, 9.17) is 0 Å². The fourth-order valence-corrected chi connectivity index (χ4v) is 3.90. The Morgan fingerprint density at radius 1 is 1.29 bits per heavy atom. The summed E-state index contributed by atoms with van der Waals surface area (Å²) < 4.78 is 0. The first-order valence-corrected chi connectivity index (χ1v) is 9.21. The van der Waals surface area contributed by atoms with Gasteiger partial charge in [0.15, 0.2) is 0 Å². The molecule has 0 unspecified atom stereocenters. The van der Waals surface area contributed by atoms with E-state index >= 15 is 0 Å². The topological polar surface area (TPSA) is 52.6 Å². The van der Waals surface area contributed by atoms with Crippen LogP contribution in [-0.2, 0) is 6.54 Å². The zero-order valence-electron chi connectivity index (χ0n) is 14.2. The Balaban J connectivity index is 1.70. The molecule has 0 radical (unpaired) electrons. The molecule has 0 atom stereocenters. The van der Waals surface area contributed by atoms with Gasteiger partial charge in [0.1, 0.15) is 0 Å². The van der Waals surface area contributed by atoms with Crippen LogP contribution in [0.25, 0.3) is 0 Å². The van der Waals surface area contributed by atoms with Gasteiger partial charge in [-0.05, 0) is 49.9 Å². The Morgan fingerprint density at radius 2 is 2.00 bits per heavy atom. The van der Waals surface area contributed by atoms with E-state index in [1.54, 1.807) is 0 Å². The van der Waals surface area contributed by atoms with Crippen molar-refractivity contribution in [2.75, 3.05) is 18.4 Å². The molecule has 128 valence electrons. The minimum atomic E-state index is -0.165. The zero-order chi connectivity index (χ0) is 17.1. The number of amides is 1. The lowest BCUT2D eigenvalue weighted by molar-refractivity contribution is 0.0793. The highest BCUT2D eigenvalue weighted by Gasteiger charge is 2.18. The molecule has 2 heterocycles. The summed E-state index contributed by atoms with van der Waals surface area (Å²) in [7, 11) is 0. The predicted molar refractivity (Wildman–Crippen MR) is 98.7 cm³/mol. The summed E-state index contributed by atoms with van der Waals surface area (Å²) in [6.45, 7) is 6.65. The standard InChI is InChI=1S/C19H24N2O2S/c1-13-11-18(24-14(13)2)19(23)20-17-6-4-3-5-15(17)12-21-9-7-16(22)8-10-21/h3-6,11,16,22H,7-10,12H2,1-2H3,(H,20,23). The van der Waals surface area contributed by atoms with Gasteiger partial charge in [-0.25, -0.2) is 0 Å². The van der Waals surface area contributed by atoms with Gasteiger partial charge in [0.25, 0.3) is 5.91 Å². The third-order valence-electron chi connectivity index (χ3n) is 4.61. The summed E-state index contributed by atoms with van der Waals surface area (Å²) in [5.74, 6) is -0.0438. The van der Waals surface area contributed by atoms with E-state index < -0.39 is 0 Å². The minimum absolute atomic E-state index is 0.0438.